The molecule has 5 nitrogen and oxygen atoms in total. The number of nitrogens with zero attached hydrogens (tertiary/aromatic N) is 2. The van der Waals surface area contributed by atoms with Crippen molar-refractivity contribution in [3.05, 3.63) is 65.7 Å². The van der Waals surface area contributed by atoms with E-state index in [2.05, 4.69) is 10.3 Å². The number of carbonyl (C=O) groups excluding carboxylic acids is 1. The minimum Gasteiger partial charge on any atom is -0.378 e. The molecule has 0 unspecified atom stereocenters. The zero-order chi connectivity index (χ0) is 19.3. The minimum atomic E-state index is -0.248. The number of benzene rings is 1. The number of hydrogen-bond donors (Lipinski definition) is 1. The summed E-state index contributed by atoms with van der Waals surface area (Å²) in [4.78, 5) is 19.5. The summed E-state index contributed by atoms with van der Waals surface area (Å²) in [6.45, 7) is 3.18. The third-order valence-corrected chi connectivity index (χ3v) is 5.80. The molecule has 2 fully saturated rings. The van der Waals surface area contributed by atoms with Crippen LogP contribution in [-0.4, -0.2) is 48.1 Å². The quantitative estimate of drug-likeness (QED) is 0.863. The first-order valence-corrected chi connectivity index (χ1v) is 9.96. The molecule has 2 aliphatic rings. The van der Waals surface area contributed by atoms with Crippen molar-refractivity contribution in [2.75, 3.05) is 26.3 Å². The second-order valence-electron chi connectivity index (χ2n) is 7.57. The van der Waals surface area contributed by atoms with Crippen LogP contribution >= 0.6 is 0 Å². The van der Waals surface area contributed by atoms with Crippen LogP contribution in [0.3, 0.4) is 0 Å². The Balaban J connectivity index is 1.49. The number of ether oxygens (including phenoxy) is 1. The van der Waals surface area contributed by atoms with Crippen molar-refractivity contribution in [2.45, 2.75) is 31.3 Å². The monoisotopic (exact) mass is 383 g/mol. The van der Waals surface area contributed by atoms with Gasteiger partial charge in [0.2, 0.25) is 5.91 Å². The average Bonchev–Trinajstić information content (AvgIpc) is 3.18. The molecule has 1 saturated heterocycles. The van der Waals surface area contributed by atoms with Gasteiger partial charge in [-0.25, -0.2) is 4.39 Å². The van der Waals surface area contributed by atoms with E-state index in [1.165, 1.54) is 12.1 Å². The second-order valence-corrected chi connectivity index (χ2v) is 7.57. The Hall–Kier alpha value is -2.31. The molecule has 1 amide bonds. The predicted molar refractivity (Wildman–Crippen MR) is 104 cm³/mol. The van der Waals surface area contributed by atoms with Gasteiger partial charge < -0.3 is 15.0 Å². The molecular weight excluding hydrogens is 357 g/mol. The molecule has 4 rings (SSSR count). The lowest BCUT2D eigenvalue weighted by Gasteiger charge is -2.31. The summed E-state index contributed by atoms with van der Waals surface area (Å²) in [6, 6.07) is 12.7. The van der Waals surface area contributed by atoms with E-state index >= 15 is 0 Å². The Bertz CT molecular complexity index is 778. The molecule has 148 valence electrons. The van der Waals surface area contributed by atoms with E-state index in [9.17, 15) is 9.18 Å². The number of morpholine rings is 1. The Morgan fingerprint density at radius 2 is 1.93 bits per heavy atom. The van der Waals surface area contributed by atoms with Gasteiger partial charge in [0.05, 0.1) is 18.9 Å². The number of amides is 1. The zero-order valence-corrected chi connectivity index (χ0v) is 15.9. The molecule has 0 radical (unpaired) electrons. The summed E-state index contributed by atoms with van der Waals surface area (Å²) in [5, 5.41) is 3.56. The van der Waals surface area contributed by atoms with Gasteiger partial charge in [0.15, 0.2) is 0 Å². The van der Waals surface area contributed by atoms with Crippen molar-refractivity contribution in [2.24, 2.45) is 5.92 Å². The number of pyridine rings is 1. The lowest BCUT2D eigenvalue weighted by atomic mass is 9.88. The molecule has 1 N–H and O–H groups in total. The summed E-state index contributed by atoms with van der Waals surface area (Å²) in [5.41, 5.74) is 2.03. The highest BCUT2D eigenvalue weighted by Gasteiger charge is 2.41. The predicted octanol–water partition coefficient (Wildman–Crippen LogP) is 2.73. The van der Waals surface area contributed by atoms with E-state index in [1.807, 2.05) is 35.2 Å². The van der Waals surface area contributed by atoms with Crippen LogP contribution in [0.2, 0.25) is 0 Å². The first kappa shape index (κ1) is 19.0. The lowest BCUT2D eigenvalue weighted by molar-refractivity contribution is -0.140. The SMILES string of the molecule is O=C([C@H]1C[C@@H](NCc2ccccn2)C[C@@H]1c1ccc(F)cc1)N1CCOCC1. The number of carbonyl (C=O) groups is 1. The molecule has 6 heteroatoms. The first-order valence-electron chi connectivity index (χ1n) is 9.96. The number of rotatable bonds is 5. The van der Waals surface area contributed by atoms with Crippen molar-refractivity contribution >= 4 is 5.91 Å². The summed E-state index contributed by atoms with van der Waals surface area (Å²) in [5.74, 6) is -0.0515. The van der Waals surface area contributed by atoms with Gasteiger partial charge in [-0.15, -0.1) is 0 Å². The molecule has 28 heavy (non-hydrogen) atoms. The van der Waals surface area contributed by atoms with Gasteiger partial charge in [-0.2, -0.15) is 0 Å². The molecule has 0 spiro atoms. The Labute approximate surface area is 164 Å². The van der Waals surface area contributed by atoms with E-state index in [1.54, 1.807) is 6.20 Å². The van der Waals surface area contributed by atoms with Gasteiger partial charge in [-0.1, -0.05) is 18.2 Å². The molecule has 2 heterocycles. The van der Waals surface area contributed by atoms with Crippen molar-refractivity contribution < 1.29 is 13.9 Å². The third-order valence-electron chi connectivity index (χ3n) is 5.80. The molecular formula is C22H26FN3O2. The van der Waals surface area contributed by atoms with E-state index < -0.39 is 0 Å². The molecule has 0 bridgehead atoms. The third kappa shape index (κ3) is 4.39. The van der Waals surface area contributed by atoms with E-state index in [-0.39, 0.29) is 29.6 Å². The highest BCUT2D eigenvalue weighted by atomic mass is 19.1. The van der Waals surface area contributed by atoms with Gasteiger partial charge in [0.25, 0.3) is 0 Å². The maximum absolute atomic E-state index is 13.4. The smallest absolute Gasteiger partial charge is 0.226 e. The first-order chi connectivity index (χ1) is 13.7. The fourth-order valence-corrected chi connectivity index (χ4v) is 4.33. The van der Waals surface area contributed by atoms with E-state index in [0.717, 1.165) is 24.1 Å². The highest BCUT2D eigenvalue weighted by molar-refractivity contribution is 5.80. The van der Waals surface area contributed by atoms with Crippen molar-refractivity contribution in [3.8, 4) is 0 Å². The van der Waals surface area contributed by atoms with Crippen LogP contribution in [0.5, 0.6) is 0 Å². The van der Waals surface area contributed by atoms with Crippen LogP contribution in [0, 0.1) is 11.7 Å². The molecule has 2 aromatic rings. The number of nitrogens with one attached hydrogen (secondary N) is 1. The van der Waals surface area contributed by atoms with E-state index in [4.69, 9.17) is 4.74 Å². The summed E-state index contributed by atoms with van der Waals surface area (Å²) in [6.07, 6.45) is 3.43. The summed E-state index contributed by atoms with van der Waals surface area (Å²) in [7, 11) is 0. The fourth-order valence-electron chi connectivity index (χ4n) is 4.33. The molecule has 1 aromatic carbocycles. The van der Waals surface area contributed by atoms with Crippen LogP contribution in [0.15, 0.2) is 48.7 Å². The molecule has 1 aromatic heterocycles. The molecule has 1 saturated carbocycles. The maximum Gasteiger partial charge on any atom is 0.226 e. The van der Waals surface area contributed by atoms with Crippen molar-refractivity contribution in [1.29, 1.82) is 0 Å². The van der Waals surface area contributed by atoms with E-state index in [0.29, 0.717) is 32.8 Å². The van der Waals surface area contributed by atoms with Crippen LogP contribution in [0.25, 0.3) is 0 Å². The largest absolute Gasteiger partial charge is 0.378 e. The number of hydrogen-bond acceptors (Lipinski definition) is 4. The van der Waals surface area contributed by atoms with Gasteiger partial charge in [-0.05, 0) is 48.6 Å². The standard InChI is InChI=1S/C22H26FN3O2/c23-17-6-4-16(5-7-17)20-13-19(25-15-18-3-1-2-8-24-18)14-21(20)22(27)26-9-11-28-12-10-26/h1-8,19-21,25H,9-15H2/t19-,20+,21-/m0/s1. The minimum absolute atomic E-state index is 0.0928. The van der Waals surface area contributed by atoms with Gasteiger partial charge >= 0.3 is 0 Å². The highest BCUT2D eigenvalue weighted by Crippen LogP contribution is 2.41. The fraction of sp³-hybridized carbons (Fsp3) is 0.455. The van der Waals surface area contributed by atoms with Crippen molar-refractivity contribution in [1.82, 2.24) is 15.2 Å². The average molecular weight is 383 g/mol. The number of halogens is 1. The Kier molecular flexibility index (Phi) is 5.98. The van der Waals surface area contributed by atoms with Crippen LogP contribution in [-0.2, 0) is 16.1 Å². The maximum atomic E-state index is 13.4. The molecule has 1 aliphatic heterocycles. The van der Waals surface area contributed by atoms with Gasteiger partial charge in [-0.3, -0.25) is 9.78 Å². The van der Waals surface area contributed by atoms with Crippen LogP contribution in [0.1, 0.15) is 30.0 Å². The second kappa shape index (κ2) is 8.80. The summed E-state index contributed by atoms with van der Waals surface area (Å²) < 4.78 is 18.8. The lowest BCUT2D eigenvalue weighted by Crippen LogP contribution is -2.44. The van der Waals surface area contributed by atoms with Crippen LogP contribution in [0.4, 0.5) is 4.39 Å². The Morgan fingerprint density at radius 1 is 1.14 bits per heavy atom. The van der Waals surface area contributed by atoms with Gasteiger partial charge in [0, 0.05) is 37.8 Å². The topological polar surface area (TPSA) is 54.5 Å². The summed E-state index contributed by atoms with van der Waals surface area (Å²) >= 11 is 0. The zero-order valence-electron chi connectivity index (χ0n) is 15.9. The van der Waals surface area contributed by atoms with Gasteiger partial charge in [0.1, 0.15) is 5.82 Å². The van der Waals surface area contributed by atoms with Crippen LogP contribution < -0.4 is 5.32 Å². The normalized spacial score (nSPS) is 25.0. The molecule has 1 aliphatic carbocycles. The number of aromatic nitrogens is 1. The van der Waals surface area contributed by atoms with Crippen molar-refractivity contribution in [3.63, 3.8) is 0 Å². The molecule has 3 atom stereocenters. The Morgan fingerprint density at radius 3 is 2.64 bits per heavy atom.